The van der Waals surface area contributed by atoms with E-state index in [9.17, 15) is 10.0 Å². The molecule has 0 spiro atoms. The molecule has 1 aliphatic carbocycles. The Labute approximate surface area is 149 Å². The monoisotopic (exact) mass is 359 g/mol. The molecule has 2 amide bonds. The van der Waals surface area contributed by atoms with E-state index in [0.717, 1.165) is 41.6 Å². The normalized spacial score (nSPS) is 25.0. The van der Waals surface area contributed by atoms with E-state index in [1.54, 1.807) is 11.8 Å². The minimum atomic E-state index is -0.439. The van der Waals surface area contributed by atoms with E-state index in [1.165, 1.54) is 6.42 Å². The van der Waals surface area contributed by atoms with Crippen LogP contribution in [0.25, 0.3) is 0 Å². The number of hydroxylamine groups is 2. The number of nitrogens with one attached hydrogen (secondary N) is 1. The van der Waals surface area contributed by atoms with Gasteiger partial charge in [0.2, 0.25) is 0 Å². The highest BCUT2D eigenvalue weighted by Gasteiger charge is 2.49. The Morgan fingerprint density at radius 2 is 2.04 bits per heavy atom. The molecular formula is C16H29N3O2S2. The zero-order chi connectivity index (χ0) is 17.2. The van der Waals surface area contributed by atoms with Crippen molar-refractivity contribution in [1.29, 1.82) is 0 Å². The van der Waals surface area contributed by atoms with Gasteiger partial charge in [-0.1, -0.05) is 57.1 Å². The maximum Gasteiger partial charge on any atom is 0.343 e. The number of carbonyl (C=O) groups is 1. The van der Waals surface area contributed by atoms with Crippen LogP contribution >= 0.6 is 24.0 Å². The summed E-state index contributed by atoms with van der Waals surface area (Å²) in [7, 11) is 0. The van der Waals surface area contributed by atoms with Crippen molar-refractivity contribution in [2.24, 2.45) is 5.92 Å². The Balaban J connectivity index is 2.08. The SMILES string of the molecule is CC(C)CN1C(=S)SC(C)(C)[C@H]1N(O)C(=O)NC1CCCCC1. The summed E-state index contributed by atoms with van der Waals surface area (Å²) >= 11 is 7.02. The molecule has 1 aliphatic heterocycles. The number of rotatable bonds is 4. The Morgan fingerprint density at radius 1 is 1.43 bits per heavy atom. The molecule has 0 radical (unpaired) electrons. The highest BCUT2D eigenvalue weighted by Crippen LogP contribution is 2.42. The Morgan fingerprint density at radius 3 is 2.61 bits per heavy atom. The summed E-state index contributed by atoms with van der Waals surface area (Å²) in [4.78, 5) is 14.5. The second-order valence-electron chi connectivity index (χ2n) is 7.52. The molecule has 5 nitrogen and oxygen atoms in total. The topological polar surface area (TPSA) is 55.8 Å². The van der Waals surface area contributed by atoms with Gasteiger partial charge in [0.1, 0.15) is 10.5 Å². The first-order valence-corrected chi connectivity index (χ1v) is 9.73. The fraction of sp³-hybridized carbons (Fsp3) is 0.875. The lowest BCUT2D eigenvalue weighted by atomic mass is 9.96. The summed E-state index contributed by atoms with van der Waals surface area (Å²) in [6, 6.07) is -0.234. The summed E-state index contributed by atoms with van der Waals surface area (Å²) in [6.07, 6.45) is 5.08. The van der Waals surface area contributed by atoms with Crippen LogP contribution in [0.4, 0.5) is 4.79 Å². The molecule has 2 N–H and O–H groups in total. The van der Waals surface area contributed by atoms with Crippen LogP contribution in [0, 0.1) is 5.92 Å². The van der Waals surface area contributed by atoms with Crippen LogP contribution in [-0.2, 0) is 0 Å². The fourth-order valence-corrected chi connectivity index (χ4v) is 5.30. The number of amides is 2. The van der Waals surface area contributed by atoms with Gasteiger partial charge >= 0.3 is 6.03 Å². The molecule has 0 aromatic heterocycles. The lowest BCUT2D eigenvalue weighted by molar-refractivity contribution is -0.120. The van der Waals surface area contributed by atoms with E-state index in [-0.39, 0.29) is 10.8 Å². The molecule has 2 aliphatic rings. The molecule has 2 rings (SSSR count). The standard InChI is InChI=1S/C16H29N3O2S2/c1-11(2)10-18-13(16(3,4)23-15(18)22)19(21)14(20)17-12-8-6-5-7-9-12/h11-13,21H,5-10H2,1-4H3,(H,17,20)/t13-/m1/s1. The van der Waals surface area contributed by atoms with Gasteiger partial charge in [-0.25, -0.2) is 4.79 Å². The van der Waals surface area contributed by atoms with Crippen molar-refractivity contribution in [1.82, 2.24) is 15.3 Å². The molecule has 1 saturated heterocycles. The first kappa shape index (κ1) is 18.8. The Kier molecular flexibility index (Phi) is 6.19. The van der Waals surface area contributed by atoms with Crippen LogP contribution in [0.5, 0.6) is 0 Å². The predicted molar refractivity (Wildman–Crippen MR) is 98.6 cm³/mol. The number of nitrogens with zero attached hydrogens (tertiary/aromatic N) is 2. The van der Waals surface area contributed by atoms with Crippen LogP contribution in [-0.4, -0.2) is 49.0 Å². The third-order valence-corrected chi connectivity index (χ3v) is 6.07. The largest absolute Gasteiger partial charge is 0.343 e. The van der Waals surface area contributed by atoms with E-state index < -0.39 is 12.2 Å². The smallest absolute Gasteiger partial charge is 0.333 e. The van der Waals surface area contributed by atoms with Crippen molar-refractivity contribution in [3.63, 3.8) is 0 Å². The van der Waals surface area contributed by atoms with Crippen molar-refractivity contribution in [3.05, 3.63) is 0 Å². The summed E-state index contributed by atoms with van der Waals surface area (Å²) in [5, 5.41) is 14.4. The Hall–Kier alpha value is -0.530. The Bertz CT molecular complexity index is 451. The second-order valence-corrected chi connectivity index (χ2v) is 9.81. The molecule has 1 saturated carbocycles. The molecule has 0 aromatic carbocycles. The van der Waals surface area contributed by atoms with Crippen LogP contribution in [0.15, 0.2) is 0 Å². The van der Waals surface area contributed by atoms with Gasteiger partial charge in [0.15, 0.2) is 0 Å². The zero-order valence-electron chi connectivity index (χ0n) is 14.5. The maximum atomic E-state index is 12.5. The minimum absolute atomic E-state index is 0.175. The van der Waals surface area contributed by atoms with Crippen LogP contribution < -0.4 is 5.32 Å². The molecule has 132 valence electrons. The van der Waals surface area contributed by atoms with Gasteiger partial charge in [0, 0.05) is 12.6 Å². The average molecular weight is 360 g/mol. The third kappa shape index (κ3) is 4.51. The summed E-state index contributed by atoms with van der Waals surface area (Å²) in [6.45, 7) is 8.99. The summed E-state index contributed by atoms with van der Waals surface area (Å²) < 4.78 is 0.406. The number of hydrogen-bond donors (Lipinski definition) is 2. The number of urea groups is 1. The van der Waals surface area contributed by atoms with Crippen molar-refractivity contribution in [2.75, 3.05) is 6.54 Å². The minimum Gasteiger partial charge on any atom is -0.333 e. The van der Waals surface area contributed by atoms with Crippen LogP contribution in [0.1, 0.15) is 59.8 Å². The third-order valence-electron chi connectivity index (χ3n) is 4.44. The molecular weight excluding hydrogens is 330 g/mol. The van der Waals surface area contributed by atoms with Crippen LogP contribution in [0.2, 0.25) is 0 Å². The van der Waals surface area contributed by atoms with Gasteiger partial charge in [-0.3, -0.25) is 5.21 Å². The first-order valence-electron chi connectivity index (χ1n) is 8.50. The van der Waals surface area contributed by atoms with Crippen molar-refractivity contribution in [2.45, 2.75) is 76.8 Å². The number of thiocarbonyl (C=S) groups is 1. The molecule has 1 heterocycles. The van der Waals surface area contributed by atoms with Crippen molar-refractivity contribution >= 4 is 34.3 Å². The fourth-order valence-electron chi connectivity index (χ4n) is 3.40. The molecule has 7 heteroatoms. The molecule has 0 aromatic rings. The van der Waals surface area contributed by atoms with Gasteiger partial charge in [0.05, 0.1) is 4.75 Å². The second kappa shape index (κ2) is 7.57. The molecule has 1 atom stereocenters. The van der Waals surface area contributed by atoms with E-state index >= 15 is 0 Å². The number of hydrogen-bond acceptors (Lipinski definition) is 4. The first-order chi connectivity index (χ1) is 10.7. The predicted octanol–water partition coefficient (Wildman–Crippen LogP) is 3.81. The number of carbonyl (C=O) groups excluding carboxylic acids is 1. The summed E-state index contributed by atoms with van der Waals surface area (Å²) in [5.41, 5.74) is 0. The van der Waals surface area contributed by atoms with E-state index in [1.807, 2.05) is 18.7 Å². The van der Waals surface area contributed by atoms with Gasteiger partial charge in [0.25, 0.3) is 0 Å². The van der Waals surface area contributed by atoms with Crippen LogP contribution in [0.3, 0.4) is 0 Å². The molecule has 2 fully saturated rings. The lowest BCUT2D eigenvalue weighted by Crippen LogP contribution is -2.58. The van der Waals surface area contributed by atoms with Crippen molar-refractivity contribution in [3.8, 4) is 0 Å². The zero-order valence-corrected chi connectivity index (χ0v) is 16.2. The highest BCUT2D eigenvalue weighted by atomic mass is 32.2. The quantitative estimate of drug-likeness (QED) is 0.454. The average Bonchev–Trinajstić information content (AvgIpc) is 2.67. The highest BCUT2D eigenvalue weighted by molar-refractivity contribution is 8.24. The van der Waals surface area contributed by atoms with Gasteiger partial charge in [-0.05, 0) is 32.6 Å². The lowest BCUT2D eigenvalue weighted by Gasteiger charge is -2.38. The van der Waals surface area contributed by atoms with Crippen molar-refractivity contribution < 1.29 is 10.0 Å². The maximum absolute atomic E-state index is 12.5. The summed E-state index contributed by atoms with van der Waals surface area (Å²) in [5.74, 6) is 0.403. The van der Waals surface area contributed by atoms with E-state index in [4.69, 9.17) is 12.2 Å². The van der Waals surface area contributed by atoms with E-state index in [0.29, 0.717) is 5.92 Å². The molecule has 23 heavy (non-hydrogen) atoms. The number of thioether (sulfide) groups is 1. The molecule has 0 bridgehead atoms. The van der Waals surface area contributed by atoms with E-state index in [2.05, 4.69) is 19.2 Å². The van der Waals surface area contributed by atoms with Gasteiger partial charge < -0.3 is 10.2 Å². The molecule has 0 unspecified atom stereocenters. The van der Waals surface area contributed by atoms with Gasteiger partial charge in [-0.15, -0.1) is 0 Å². The van der Waals surface area contributed by atoms with Gasteiger partial charge in [-0.2, -0.15) is 5.06 Å².